The number of isocyanates is 2. The normalized spacial score (nSPS) is 11.2. The highest BCUT2D eigenvalue weighted by atomic mass is 16.7. The molecule has 2 aliphatic rings. The van der Waals surface area contributed by atoms with Crippen LogP contribution in [-0.2, 0) is 148 Å². The van der Waals surface area contributed by atoms with Gasteiger partial charge in [-0.25, -0.2) is 52.7 Å². The molecule has 0 bridgehead atoms. The van der Waals surface area contributed by atoms with Crippen molar-refractivity contribution in [2.45, 2.75) is 288 Å². The minimum absolute atomic E-state index is 0. The van der Waals surface area contributed by atoms with Gasteiger partial charge >= 0.3 is 71.6 Å². The fourth-order valence-corrected chi connectivity index (χ4v) is 4.48. The van der Waals surface area contributed by atoms with Crippen LogP contribution in [0.1, 0.15) is 258 Å². The number of hydrogen-bond acceptors (Lipinski definition) is 36. The zero-order valence-electron chi connectivity index (χ0n) is 51.0. The highest BCUT2D eigenvalue weighted by Gasteiger charge is 2.32. The van der Waals surface area contributed by atoms with Crippen LogP contribution in [0, 0.1) is 0 Å². The van der Waals surface area contributed by atoms with Crippen LogP contribution in [0.15, 0.2) is 9.98 Å². The van der Waals surface area contributed by atoms with Gasteiger partial charge in [-0.15, -0.1) is 0 Å². The summed E-state index contributed by atoms with van der Waals surface area (Å²) in [6.45, 7) is 6.77. The molecule has 0 saturated carbocycles. The third-order valence-corrected chi connectivity index (χ3v) is 8.82. The standard InChI is InChI=1S/C21H32O14.C8H14O6.C6H8O4.C6H10O2.C5H10O4.C3H2N2O2.C3H8O2.24CH4/c1-14(20(26)32-12-18(24)30-10-8-28-3)34-16(22)6-5-7-17(23)35-15(2)21(27)33-13-19(25)31-11-9-29-4;1-6(9)8(11)14-5-7(10)13-4-3-12-2;1-3-5(7)10-4(2)6(8)9-3;7-6-4-2-1-3-5-8-6;1-8-2-3-9-5(7)4-6;6-2-4-1-5-3-7;1-5-3-2-4;;;;;;;;;;;;;;;;;;;;;;;;/h14-15H,5-13H2,1-4H3;6,9H,3-5H2,1-2H3;3-4H,1-2H3;1-5H2;6H,2-4H2,1H3;1H2;4H,2-3H2,1H3;24*1H4. The van der Waals surface area contributed by atoms with E-state index in [0.717, 1.165) is 19.3 Å². The van der Waals surface area contributed by atoms with Gasteiger partial charge < -0.3 is 95.8 Å². The van der Waals surface area contributed by atoms with E-state index in [-0.39, 0.29) is 263 Å². The molecule has 0 spiro atoms. The lowest BCUT2D eigenvalue weighted by molar-refractivity contribution is -0.191. The molecule has 0 aromatic rings. The van der Waals surface area contributed by atoms with Crippen LogP contribution in [-0.4, -0.2) is 271 Å². The third-order valence-electron chi connectivity index (χ3n) is 8.82. The van der Waals surface area contributed by atoms with Crippen molar-refractivity contribution in [3.8, 4) is 0 Å². The number of hydrogen-bond donors (Lipinski definition) is 3. The molecule has 5 unspecified atom stereocenters. The van der Waals surface area contributed by atoms with Gasteiger partial charge in [-0.2, -0.15) is 9.98 Å². The topological polar surface area (TPSA) is 481 Å². The van der Waals surface area contributed by atoms with Crippen molar-refractivity contribution in [1.29, 1.82) is 0 Å². The molecule has 0 aromatic heterocycles. The van der Waals surface area contributed by atoms with Crippen LogP contribution in [0.25, 0.3) is 0 Å². The molecular weight excluding hydrogens is 1480 g/mol. The second-order valence-electron chi connectivity index (χ2n) is 16.2. The van der Waals surface area contributed by atoms with Gasteiger partial charge in [-0.3, -0.25) is 14.4 Å². The van der Waals surface area contributed by atoms with Crippen LogP contribution < -0.4 is 0 Å². The van der Waals surface area contributed by atoms with Crippen LogP contribution in [0.3, 0.4) is 0 Å². The second-order valence-corrected chi connectivity index (χ2v) is 16.2. The molecule has 3 N–H and O–H groups in total. The maximum Gasteiger partial charge on any atom is 0.347 e. The minimum atomic E-state index is -1.28. The zero-order valence-corrected chi connectivity index (χ0v) is 51.0. The smallest absolute Gasteiger partial charge is 0.347 e. The van der Waals surface area contributed by atoms with Crippen molar-refractivity contribution in [3.05, 3.63) is 0 Å². The maximum absolute atomic E-state index is 11.8. The molecule has 2 rings (SSSR count). The fourth-order valence-electron chi connectivity index (χ4n) is 4.48. The van der Waals surface area contributed by atoms with Crippen molar-refractivity contribution >= 4 is 83.8 Å². The van der Waals surface area contributed by atoms with Gasteiger partial charge in [0.1, 0.15) is 39.1 Å². The summed E-state index contributed by atoms with van der Waals surface area (Å²) >= 11 is 0. The summed E-state index contributed by atoms with van der Waals surface area (Å²) in [5.74, 6) is -8.17. The summed E-state index contributed by atoms with van der Waals surface area (Å²) in [5.41, 5.74) is 0. The van der Waals surface area contributed by atoms with Crippen molar-refractivity contribution in [3.63, 3.8) is 0 Å². The number of carbonyl (C=O) groups is 12. The molecule has 2 saturated heterocycles. The Kier molecular flexibility index (Phi) is 248. The molecule has 36 nitrogen and oxygen atoms in total. The van der Waals surface area contributed by atoms with E-state index < -0.39 is 123 Å². The molecule has 0 aliphatic carbocycles. The average molecular weight is 1670 g/mol. The number of carbonyl (C=O) groups excluding carboxylic acids is 14. The van der Waals surface area contributed by atoms with Crippen molar-refractivity contribution in [1.82, 2.24) is 0 Å². The van der Waals surface area contributed by atoms with Gasteiger partial charge in [0.2, 0.25) is 12.2 Å². The summed E-state index contributed by atoms with van der Waals surface area (Å²) in [6.07, 6.45) is 0.515. The van der Waals surface area contributed by atoms with E-state index in [1.807, 2.05) is 0 Å². The Labute approximate surface area is 684 Å². The Morgan fingerprint density at radius 3 is 0.946 bits per heavy atom. The number of aliphatic hydroxyl groups excluding tert-OH is 3. The first-order valence-corrected chi connectivity index (χ1v) is 26.3. The molecule has 5 atom stereocenters. The molecule has 0 radical (unpaired) electrons. The quantitative estimate of drug-likeness (QED) is 0.0185. The molecule has 36 heteroatoms. The number of aliphatic hydroxyl groups is 3. The van der Waals surface area contributed by atoms with Crippen molar-refractivity contribution in [2.75, 3.05) is 141 Å². The van der Waals surface area contributed by atoms with Crippen molar-refractivity contribution < 1.29 is 163 Å². The summed E-state index contributed by atoms with van der Waals surface area (Å²) in [4.78, 5) is 157. The second kappa shape index (κ2) is 142. The lowest BCUT2D eigenvalue weighted by Gasteiger charge is -2.22. The lowest BCUT2D eigenvalue weighted by Crippen LogP contribution is -2.40. The molecule has 2 heterocycles. The minimum Gasteiger partial charge on any atom is -0.466 e. The number of esters is 12. The Morgan fingerprint density at radius 2 is 0.696 bits per heavy atom. The van der Waals surface area contributed by atoms with Crippen LogP contribution in [0.4, 0.5) is 0 Å². The highest BCUT2D eigenvalue weighted by molar-refractivity contribution is 5.87. The largest absolute Gasteiger partial charge is 0.466 e. The Hall–Kier alpha value is -7.92. The molecule has 112 heavy (non-hydrogen) atoms. The number of nitrogens with zero attached hydrogens (tertiary/aromatic N) is 2. The Morgan fingerprint density at radius 1 is 0.411 bits per heavy atom. The number of ether oxygens (including phenoxy) is 17. The number of methoxy groups -OCH3 is 5. The van der Waals surface area contributed by atoms with Crippen LogP contribution >= 0.6 is 0 Å². The SMILES string of the molecule is C.C.C.C.C.C.C.C.C.C.C.C.C.C.C.C.C.C.C.C.C.C.C.C.CC1OC(=O)C(C)OC1=O.COCCO.COCCOC(=O)CO.COCCOC(=O)COC(=O)C(C)O.COCCOC(=O)COC(=O)C(C)OC(=O)CCCC(=O)OC(C)C(=O)OCC(=O)OCCOC.O=C1CCCCCO1.O=C=NCN=C=O. The lowest BCUT2D eigenvalue weighted by atomic mass is 10.2. The highest BCUT2D eigenvalue weighted by Crippen LogP contribution is 2.10. The summed E-state index contributed by atoms with van der Waals surface area (Å²) in [5, 5.41) is 24.8. The van der Waals surface area contributed by atoms with Crippen LogP contribution in [0.2, 0.25) is 0 Å². The first kappa shape index (κ1) is 196. The predicted octanol–water partition coefficient (Wildman–Crippen LogP) is 13.2. The van der Waals surface area contributed by atoms with E-state index in [1.165, 1.54) is 75.2 Å². The zero-order chi connectivity index (χ0) is 67.9. The number of rotatable bonds is 32. The Balaban J connectivity index is -0.0000000283. The maximum atomic E-state index is 11.8. The van der Waals surface area contributed by atoms with Gasteiger partial charge in [0.05, 0.1) is 46.2 Å². The van der Waals surface area contributed by atoms with Gasteiger partial charge in [0.25, 0.3) is 0 Å². The first-order chi connectivity index (χ1) is 41.8. The summed E-state index contributed by atoms with van der Waals surface area (Å²) < 4.78 is 78.9. The Bertz CT molecular complexity index is 1980. The summed E-state index contributed by atoms with van der Waals surface area (Å²) in [6, 6.07) is 0. The molecular formula is C76H180N2O34. The van der Waals surface area contributed by atoms with Crippen molar-refractivity contribution in [2.24, 2.45) is 9.98 Å². The van der Waals surface area contributed by atoms with E-state index in [1.54, 1.807) is 7.11 Å². The average Bonchev–Trinajstić information content (AvgIpc) is 0.926. The molecule has 0 aromatic carbocycles. The number of aliphatic imine (C=N–C) groups is 2. The molecule has 0 amide bonds. The van der Waals surface area contributed by atoms with Gasteiger partial charge in [-0.1, -0.05) is 178 Å². The van der Waals surface area contributed by atoms with E-state index in [4.69, 9.17) is 48.5 Å². The van der Waals surface area contributed by atoms with Gasteiger partial charge in [0.15, 0.2) is 50.9 Å². The fraction of sp³-hybridized carbons (Fsp3) is 0.816. The van der Waals surface area contributed by atoms with E-state index in [9.17, 15) is 67.1 Å². The molecule has 698 valence electrons. The monoisotopic (exact) mass is 1670 g/mol. The van der Waals surface area contributed by atoms with Crippen LogP contribution in [0.5, 0.6) is 0 Å². The third kappa shape index (κ3) is 141. The van der Waals surface area contributed by atoms with E-state index in [2.05, 4.69) is 57.4 Å². The number of cyclic esters (lactones) is 3. The van der Waals surface area contributed by atoms with E-state index in [0.29, 0.717) is 26.2 Å². The van der Waals surface area contributed by atoms with Gasteiger partial charge in [0, 0.05) is 54.8 Å². The summed E-state index contributed by atoms with van der Waals surface area (Å²) in [7, 11) is 7.39. The van der Waals surface area contributed by atoms with Gasteiger partial charge in [-0.05, 0) is 60.3 Å². The molecule has 2 fully saturated rings. The first-order valence-electron chi connectivity index (χ1n) is 26.3. The van der Waals surface area contributed by atoms with E-state index >= 15 is 0 Å². The predicted molar refractivity (Wildman–Crippen MR) is 450 cm³/mol. The molecule has 2 aliphatic heterocycles.